The van der Waals surface area contributed by atoms with Crippen LogP contribution in [-0.2, 0) is 4.12 Å². The Balaban J connectivity index is 0.000000411. The summed E-state index contributed by atoms with van der Waals surface area (Å²) in [6, 6.07) is 43.2. The number of hydrogen-bond donors (Lipinski definition) is 0. The molecule has 0 saturated heterocycles. The molecule has 4 aromatic carbocycles. The van der Waals surface area contributed by atoms with Crippen molar-refractivity contribution in [2.75, 3.05) is 0 Å². The van der Waals surface area contributed by atoms with Crippen LogP contribution in [0.3, 0.4) is 0 Å². The fourth-order valence-electron chi connectivity index (χ4n) is 4.40. The zero-order valence-corrected chi connectivity index (χ0v) is 30.7. The average Bonchev–Trinajstić information content (AvgIpc) is 3.05. The summed E-state index contributed by atoms with van der Waals surface area (Å²) in [5.74, 6) is 4.62. The van der Waals surface area contributed by atoms with Crippen LogP contribution < -0.4 is 21.2 Å². The van der Waals surface area contributed by atoms with E-state index in [1.807, 2.05) is 11.4 Å². The van der Waals surface area contributed by atoms with Gasteiger partial charge in [0.2, 0.25) is 0 Å². The van der Waals surface area contributed by atoms with Crippen molar-refractivity contribution >= 4 is 59.7 Å². The van der Waals surface area contributed by atoms with Crippen molar-refractivity contribution in [3.05, 3.63) is 157 Å². The molecule has 44 heavy (non-hydrogen) atoms. The Kier molecular flexibility index (Phi) is 14.6. The first kappa shape index (κ1) is 35.5. The summed E-state index contributed by atoms with van der Waals surface area (Å²) in [7, 11) is -4.42. The van der Waals surface area contributed by atoms with Gasteiger partial charge in [-0.3, -0.25) is 4.99 Å². The van der Waals surface area contributed by atoms with Gasteiger partial charge in [0.1, 0.15) is 0 Å². The van der Waals surface area contributed by atoms with Crippen molar-refractivity contribution in [3.63, 3.8) is 0 Å². The highest BCUT2D eigenvalue weighted by atomic mass is 31.1. The fraction of sp³-hybridized carbons (Fsp3) is 0.184. The molecule has 228 valence electrons. The summed E-state index contributed by atoms with van der Waals surface area (Å²) >= 11 is 0. The van der Waals surface area contributed by atoms with Crippen LogP contribution in [0.2, 0.25) is 26.2 Å². The van der Waals surface area contributed by atoms with Gasteiger partial charge in [0.25, 0.3) is 0 Å². The van der Waals surface area contributed by atoms with E-state index in [2.05, 4.69) is 179 Å². The van der Waals surface area contributed by atoms with Gasteiger partial charge in [0.15, 0.2) is 16.6 Å². The smallest absolute Gasteiger partial charge is 0.198 e. The number of hydrogen-bond acceptors (Lipinski definition) is 2. The zero-order valence-electron chi connectivity index (χ0n) is 26.9. The quantitative estimate of drug-likeness (QED) is 0.0801. The maximum atomic E-state index is 5.97. The van der Waals surface area contributed by atoms with E-state index in [1.165, 1.54) is 26.9 Å². The molecule has 0 radical (unpaired) electrons. The van der Waals surface area contributed by atoms with Crippen LogP contribution in [0.25, 0.3) is 0 Å². The first-order valence-corrected chi connectivity index (χ1v) is 24.0. The monoisotopic (exact) mass is 651 g/mol. The van der Waals surface area contributed by atoms with E-state index in [4.69, 9.17) is 9.11 Å². The van der Waals surface area contributed by atoms with Crippen LogP contribution in [0.5, 0.6) is 0 Å². The summed E-state index contributed by atoms with van der Waals surface area (Å²) in [6.07, 6.45) is 2.05. The predicted octanol–water partition coefficient (Wildman–Crippen LogP) is 9.79. The molecule has 0 aromatic heterocycles. The molecule has 4 aromatic rings. The Bertz CT molecular complexity index is 1380. The van der Waals surface area contributed by atoms with E-state index >= 15 is 0 Å². The van der Waals surface area contributed by atoms with E-state index in [0.717, 1.165) is 12.8 Å². The normalized spacial score (nSPS) is 12.2. The molecule has 6 heteroatoms. The van der Waals surface area contributed by atoms with E-state index < -0.39 is 32.5 Å². The van der Waals surface area contributed by atoms with Crippen molar-refractivity contribution in [1.82, 2.24) is 0 Å². The summed E-state index contributed by atoms with van der Waals surface area (Å²) < 4.78 is 5.97. The molecular formula is C38H47NOP2Si2. The second-order valence-electron chi connectivity index (χ2n) is 11.4. The molecule has 0 fully saturated rings. The Hall–Kier alpha value is -2.98. The van der Waals surface area contributed by atoms with Gasteiger partial charge in [-0.25, -0.2) is 0 Å². The van der Waals surface area contributed by atoms with Gasteiger partial charge in [-0.15, -0.1) is 13.2 Å². The van der Waals surface area contributed by atoms with Crippen LogP contribution in [0.4, 0.5) is 0 Å². The molecule has 2 nitrogen and oxygen atoms in total. The maximum absolute atomic E-state index is 5.97. The SMILES string of the molecule is C=C[Si](C)(C)O[Si](C)(C)C=C.CCC/C(=C\P(c1ccccc1)c1ccccc1)N=CP(c1ccccc1)c1ccccc1. The third kappa shape index (κ3) is 11.8. The molecule has 0 N–H and O–H groups in total. The average molecular weight is 652 g/mol. The Morgan fingerprint density at radius 2 is 0.955 bits per heavy atom. The lowest BCUT2D eigenvalue weighted by atomic mass is 10.3. The van der Waals surface area contributed by atoms with Gasteiger partial charge in [-0.1, -0.05) is 146 Å². The van der Waals surface area contributed by atoms with Crippen LogP contribution in [0.1, 0.15) is 19.8 Å². The van der Waals surface area contributed by atoms with E-state index in [0.29, 0.717) is 0 Å². The van der Waals surface area contributed by atoms with Crippen molar-refractivity contribution in [1.29, 1.82) is 0 Å². The lowest BCUT2D eigenvalue weighted by Crippen LogP contribution is -2.41. The first-order chi connectivity index (χ1) is 21.2. The van der Waals surface area contributed by atoms with Crippen molar-refractivity contribution in [3.8, 4) is 0 Å². The second-order valence-corrected chi connectivity index (χ2v) is 23.5. The first-order valence-electron chi connectivity index (χ1n) is 15.2. The molecule has 0 bridgehead atoms. The molecule has 0 atom stereocenters. The van der Waals surface area contributed by atoms with E-state index in [1.54, 1.807) is 0 Å². The van der Waals surface area contributed by atoms with Gasteiger partial charge in [0.05, 0.1) is 0 Å². The number of allylic oxidation sites excluding steroid dienone is 1. The molecule has 0 aliphatic heterocycles. The molecule has 0 heterocycles. The van der Waals surface area contributed by atoms with Crippen molar-refractivity contribution in [2.24, 2.45) is 4.99 Å². The van der Waals surface area contributed by atoms with Crippen LogP contribution in [0, 0.1) is 0 Å². The molecule has 0 amide bonds. The molecule has 0 unspecified atom stereocenters. The molecule has 0 aliphatic carbocycles. The Labute approximate surface area is 271 Å². The van der Waals surface area contributed by atoms with Crippen LogP contribution in [0.15, 0.2) is 162 Å². The molecule has 4 rings (SSSR count). The minimum atomic E-state index is -1.58. The minimum Gasteiger partial charge on any atom is -0.449 e. The number of aliphatic imine (C=N–C) groups is 1. The van der Waals surface area contributed by atoms with E-state index in [9.17, 15) is 0 Å². The zero-order chi connectivity index (χ0) is 31.8. The molecule has 0 aliphatic rings. The van der Waals surface area contributed by atoms with Gasteiger partial charge in [-0.2, -0.15) is 0 Å². The molecule has 0 saturated carbocycles. The largest absolute Gasteiger partial charge is 0.449 e. The second kappa shape index (κ2) is 18.1. The standard InChI is InChI=1S/C30H29NP2.C8H18OSi2/c1-2-15-26(24-32(27-16-7-3-8-17-27)28-18-9-4-10-19-28)31-25-33(29-20-11-5-12-21-29)30-22-13-6-14-23-30;1-7-10(3,4)9-11(5,6)8-2/h3-14,16-25H,2,15H2,1H3;7-8H,1-2H2,3-6H3/b26-24+,31-25?;. The summed E-state index contributed by atoms with van der Waals surface area (Å²) in [5.41, 5.74) is 5.10. The minimum absolute atomic E-state index is 0.610. The van der Waals surface area contributed by atoms with Gasteiger partial charge in [0, 0.05) is 11.7 Å². The highest BCUT2D eigenvalue weighted by Crippen LogP contribution is 2.38. The fourth-order valence-corrected chi connectivity index (χ4v) is 14.4. The number of rotatable bonds is 13. The predicted molar refractivity (Wildman–Crippen MR) is 206 cm³/mol. The highest BCUT2D eigenvalue weighted by Gasteiger charge is 2.27. The summed E-state index contributed by atoms with van der Waals surface area (Å²) in [6.45, 7) is 18.4. The maximum Gasteiger partial charge on any atom is 0.198 e. The van der Waals surface area contributed by atoms with Crippen LogP contribution >= 0.6 is 15.8 Å². The highest BCUT2D eigenvalue weighted by molar-refractivity contribution is 7.86. The number of benzene rings is 4. The van der Waals surface area contributed by atoms with Gasteiger partial charge < -0.3 is 4.12 Å². The van der Waals surface area contributed by atoms with Gasteiger partial charge >= 0.3 is 0 Å². The summed E-state index contributed by atoms with van der Waals surface area (Å²) in [5, 5.41) is 5.37. The lowest BCUT2D eigenvalue weighted by Gasteiger charge is -2.29. The topological polar surface area (TPSA) is 21.6 Å². The summed E-state index contributed by atoms with van der Waals surface area (Å²) in [4.78, 5) is 5.14. The molecule has 0 spiro atoms. The third-order valence-corrected chi connectivity index (χ3v) is 17.3. The van der Waals surface area contributed by atoms with E-state index in [-0.39, 0.29) is 0 Å². The van der Waals surface area contributed by atoms with Crippen LogP contribution in [-0.4, -0.2) is 22.6 Å². The third-order valence-electron chi connectivity index (χ3n) is 6.77. The Morgan fingerprint density at radius 1 is 0.614 bits per heavy atom. The number of nitrogens with zero attached hydrogens (tertiary/aromatic N) is 1. The molecular weight excluding hydrogens is 605 g/mol. The van der Waals surface area contributed by atoms with Crippen molar-refractivity contribution < 1.29 is 4.12 Å². The Morgan fingerprint density at radius 3 is 1.27 bits per heavy atom. The van der Waals surface area contributed by atoms with Crippen molar-refractivity contribution in [2.45, 2.75) is 46.0 Å². The van der Waals surface area contributed by atoms with Gasteiger partial charge in [-0.05, 0) is 75.5 Å². The lowest BCUT2D eigenvalue weighted by molar-refractivity contribution is 0.571.